The molecule has 3 rings (SSSR count). The summed E-state index contributed by atoms with van der Waals surface area (Å²) in [6.07, 6.45) is 3.01. The van der Waals surface area contributed by atoms with Crippen LogP contribution in [0.1, 0.15) is 24.0 Å². The monoisotopic (exact) mass is 300 g/mol. The number of carbonyl (C=O) groups excluding carboxylic acids is 1. The number of hydrogen-bond donors (Lipinski definition) is 1. The van der Waals surface area contributed by atoms with Gasteiger partial charge in [-0.05, 0) is 49.1 Å². The molecule has 19 heavy (non-hydrogen) atoms. The predicted molar refractivity (Wildman–Crippen MR) is 78.8 cm³/mol. The predicted octanol–water partition coefficient (Wildman–Crippen LogP) is 2.40. The van der Waals surface area contributed by atoms with Gasteiger partial charge in [0.1, 0.15) is 0 Å². The van der Waals surface area contributed by atoms with E-state index < -0.39 is 0 Å². The van der Waals surface area contributed by atoms with Crippen molar-refractivity contribution in [3.8, 4) is 0 Å². The Bertz CT molecular complexity index is 473. The fourth-order valence-electron chi connectivity index (χ4n) is 2.83. The highest BCUT2D eigenvalue weighted by Gasteiger charge is 2.28. The summed E-state index contributed by atoms with van der Waals surface area (Å²) < 4.78 is 0. The summed E-state index contributed by atoms with van der Waals surface area (Å²) in [7, 11) is 0. The number of amides is 1. The molecule has 0 radical (unpaired) electrons. The van der Waals surface area contributed by atoms with E-state index in [0.717, 1.165) is 37.4 Å². The average Bonchev–Trinajstić information content (AvgIpc) is 2.90. The Labute approximate surface area is 124 Å². The Morgan fingerprint density at radius 1 is 1.37 bits per heavy atom. The summed E-state index contributed by atoms with van der Waals surface area (Å²) in [4.78, 5) is 14.3. The Hall–Kier alpha value is -0.770. The highest BCUT2D eigenvalue weighted by atomic mass is 35.5. The van der Waals surface area contributed by atoms with Crippen LogP contribution in [0.25, 0.3) is 0 Å². The zero-order chi connectivity index (χ0) is 12.5. The molecule has 0 saturated carbocycles. The van der Waals surface area contributed by atoms with E-state index in [1.807, 2.05) is 17.0 Å². The number of rotatable bonds is 1. The van der Waals surface area contributed by atoms with Crippen molar-refractivity contribution in [1.82, 2.24) is 10.2 Å². The first kappa shape index (κ1) is 14.6. The average molecular weight is 301 g/mol. The van der Waals surface area contributed by atoms with Crippen LogP contribution in [0, 0.1) is 0 Å². The standard InChI is InChI=1S/C14H17ClN2O.ClH/c15-12-4-3-10-5-7-17(9-11(10)8-12)14(18)13-2-1-6-16-13;/h3-4,8,13,16H,1-2,5-7,9H2;1H. The minimum Gasteiger partial charge on any atom is -0.337 e. The normalized spacial score (nSPS) is 21.7. The van der Waals surface area contributed by atoms with Gasteiger partial charge >= 0.3 is 0 Å². The summed E-state index contributed by atoms with van der Waals surface area (Å²) >= 11 is 6.02. The number of halogens is 2. The maximum atomic E-state index is 12.3. The fraction of sp³-hybridized carbons (Fsp3) is 0.500. The van der Waals surface area contributed by atoms with Crippen molar-refractivity contribution < 1.29 is 4.79 Å². The Balaban J connectivity index is 0.00000133. The minimum absolute atomic E-state index is 0. The van der Waals surface area contributed by atoms with Crippen molar-refractivity contribution in [3.05, 3.63) is 34.3 Å². The van der Waals surface area contributed by atoms with Gasteiger partial charge in [-0.3, -0.25) is 4.79 Å². The topological polar surface area (TPSA) is 32.3 Å². The van der Waals surface area contributed by atoms with Crippen LogP contribution in [0.2, 0.25) is 5.02 Å². The number of nitrogens with zero attached hydrogens (tertiary/aromatic N) is 1. The van der Waals surface area contributed by atoms with Crippen molar-refractivity contribution in [3.63, 3.8) is 0 Å². The summed E-state index contributed by atoms with van der Waals surface area (Å²) in [5.41, 5.74) is 2.52. The molecule has 1 saturated heterocycles. The molecule has 1 N–H and O–H groups in total. The van der Waals surface area contributed by atoms with Gasteiger partial charge in [-0.25, -0.2) is 0 Å². The molecule has 0 spiro atoms. The van der Waals surface area contributed by atoms with E-state index in [1.54, 1.807) is 0 Å². The fourth-order valence-corrected chi connectivity index (χ4v) is 3.02. The van der Waals surface area contributed by atoms with Crippen molar-refractivity contribution in [2.24, 2.45) is 0 Å². The van der Waals surface area contributed by atoms with Crippen LogP contribution >= 0.6 is 24.0 Å². The van der Waals surface area contributed by atoms with Crippen LogP contribution in [0.5, 0.6) is 0 Å². The third-order valence-corrected chi connectivity index (χ3v) is 4.09. The molecule has 5 heteroatoms. The van der Waals surface area contributed by atoms with Gasteiger partial charge in [-0.1, -0.05) is 17.7 Å². The maximum Gasteiger partial charge on any atom is 0.240 e. The van der Waals surface area contributed by atoms with E-state index in [-0.39, 0.29) is 24.4 Å². The molecule has 1 fully saturated rings. The Kier molecular flexibility index (Phi) is 4.71. The molecule has 2 aliphatic rings. The lowest BCUT2D eigenvalue weighted by Crippen LogP contribution is -2.45. The zero-order valence-corrected chi connectivity index (χ0v) is 12.3. The van der Waals surface area contributed by atoms with E-state index in [0.29, 0.717) is 6.54 Å². The SMILES string of the molecule is Cl.O=C(C1CCCN1)N1CCc2ccc(Cl)cc2C1. The molecule has 1 atom stereocenters. The van der Waals surface area contributed by atoms with Gasteiger partial charge in [0.15, 0.2) is 0 Å². The first-order chi connectivity index (χ1) is 8.74. The quantitative estimate of drug-likeness (QED) is 0.864. The zero-order valence-electron chi connectivity index (χ0n) is 10.7. The maximum absolute atomic E-state index is 12.3. The van der Waals surface area contributed by atoms with Crippen molar-refractivity contribution in [2.45, 2.75) is 31.8 Å². The number of fused-ring (bicyclic) bond motifs is 1. The summed E-state index contributed by atoms with van der Waals surface area (Å²) in [5.74, 6) is 0.248. The molecule has 104 valence electrons. The first-order valence-electron chi connectivity index (χ1n) is 6.53. The van der Waals surface area contributed by atoms with Crippen LogP contribution in [0.15, 0.2) is 18.2 Å². The Morgan fingerprint density at radius 3 is 2.95 bits per heavy atom. The van der Waals surface area contributed by atoms with Gasteiger partial charge in [0.25, 0.3) is 0 Å². The largest absolute Gasteiger partial charge is 0.337 e. The van der Waals surface area contributed by atoms with Crippen LogP contribution in [-0.2, 0) is 17.8 Å². The van der Waals surface area contributed by atoms with Crippen LogP contribution in [-0.4, -0.2) is 29.9 Å². The second-order valence-corrected chi connectivity index (χ2v) is 5.51. The minimum atomic E-state index is 0. The highest BCUT2D eigenvalue weighted by molar-refractivity contribution is 6.30. The molecular formula is C14H18Cl2N2O. The van der Waals surface area contributed by atoms with Crippen LogP contribution < -0.4 is 5.32 Å². The van der Waals surface area contributed by atoms with Crippen LogP contribution in [0.4, 0.5) is 0 Å². The van der Waals surface area contributed by atoms with Gasteiger partial charge in [-0.15, -0.1) is 12.4 Å². The summed E-state index contributed by atoms with van der Waals surface area (Å²) in [5, 5.41) is 4.02. The molecule has 2 aliphatic heterocycles. The molecule has 0 aromatic heterocycles. The summed E-state index contributed by atoms with van der Waals surface area (Å²) in [6.45, 7) is 2.49. The molecule has 1 unspecified atom stereocenters. The smallest absolute Gasteiger partial charge is 0.240 e. The molecule has 1 aromatic carbocycles. The number of nitrogens with one attached hydrogen (secondary N) is 1. The van der Waals surface area contributed by atoms with E-state index in [9.17, 15) is 4.79 Å². The number of carbonyl (C=O) groups is 1. The molecular weight excluding hydrogens is 283 g/mol. The highest BCUT2D eigenvalue weighted by Crippen LogP contribution is 2.23. The lowest BCUT2D eigenvalue weighted by molar-refractivity contribution is -0.134. The van der Waals surface area contributed by atoms with E-state index in [2.05, 4.69) is 11.4 Å². The lowest BCUT2D eigenvalue weighted by Gasteiger charge is -2.31. The van der Waals surface area contributed by atoms with Crippen molar-refractivity contribution >= 4 is 29.9 Å². The summed E-state index contributed by atoms with van der Waals surface area (Å²) in [6, 6.07) is 6.02. The Morgan fingerprint density at radius 2 is 2.21 bits per heavy atom. The second-order valence-electron chi connectivity index (χ2n) is 5.07. The second kappa shape index (κ2) is 6.12. The van der Waals surface area contributed by atoms with Crippen molar-refractivity contribution in [2.75, 3.05) is 13.1 Å². The van der Waals surface area contributed by atoms with Gasteiger partial charge in [0.05, 0.1) is 6.04 Å². The van der Waals surface area contributed by atoms with Gasteiger partial charge in [0.2, 0.25) is 5.91 Å². The number of benzene rings is 1. The van der Waals surface area contributed by atoms with Gasteiger partial charge < -0.3 is 10.2 Å². The third kappa shape index (κ3) is 3.04. The lowest BCUT2D eigenvalue weighted by atomic mass is 9.99. The van der Waals surface area contributed by atoms with E-state index >= 15 is 0 Å². The van der Waals surface area contributed by atoms with Crippen LogP contribution in [0.3, 0.4) is 0 Å². The molecule has 1 aromatic rings. The van der Waals surface area contributed by atoms with Crippen molar-refractivity contribution in [1.29, 1.82) is 0 Å². The molecule has 1 amide bonds. The molecule has 0 aliphatic carbocycles. The third-order valence-electron chi connectivity index (χ3n) is 3.85. The number of hydrogen-bond acceptors (Lipinski definition) is 2. The molecule has 3 nitrogen and oxygen atoms in total. The molecule has 2 heterocycles. The van der Waals surface area contributed by atoms with E-state index in [1.165, 1.54) is 11.1 Å². The first-order valence-corrected chi connectivity index (χ1v) is 6.91. The van der Waals surface area contributed by atoms with Gasteiger partial charge in [0, 0.05) is 18.1 Å². The van der Waals surface area contributed by atoms with E-state index in [4.69, 9.17) is 11.6 Å². The molecule has 0 bridgehead atoms. The van der Waals surface area contributed by atoms with Gasteiger partial charge in [-0.2, -0.15) is 0 Å².